The van der Waals surface area contributed by atoms with Gasteiger partial charge in [-0.05, 0) is 25.2 Å². The molecule has 2 atom stereocenters. The smallest absolute Gasteiger partial charge is 0.165 e. The molecule has 9 nitrogen and oxygen atoms in total. The van der Waals surface area contributed by atoms with Gasteiger partial charge in [-0.3, -0.25) is 9.67 Å². The molecular formula is C20H21N9S. The van der Waals surface area contributed by atoms with Gasteiger partial charge in [-0.25, -0.2) is 15.0 Å². The summed E-state index contributed by atoms with van der Waals surface area (Å²) in [7, 11) is 0. The molecule has 10 heteroatoms. The van der Waals surface area contributed by atoms with E-state index in [-0.39, 0.29) is 6.04 Å². The number of anilines is 1. The van der Waals surface area contributed by atoms with Crippen LogP contribution in [0.4, 0.5) is 5.82 Å². The van der Waals surface area contributed by atoms with Crippen molar-refractivity contribution < 1.29 is 0 Å². The Labute approximate surface area is 177 Å². The molecule has 4 aromatic heterocycles. The molecule has 0 bridgehead atoms. The molecular weight excluding hydrogens is 398 g/mol. The maximum atomic E-state index is 5.08. The van der Waals surface area contributed by atoms with Crippen molar-refractivity contribution in [2.24, 2.45) is 5.92 Å². The van der Waals surface area contributed by atoms with Crippen LogP contribution in [0, 0.1) is 5.92 Å². The van der Waals surface area contributed by atoms with E-state index in [2.05, 4.69) is 49.1 Å². The summed E-state index contributed by atoms with van der Waals surface area (Å²) in [5.74, 6) is 3.38. The Balaban J connectivity index is 1.57. The van der Waals surface area contributed by atoms with Crippen LogP contribution in [0.5, 0.6) is 0 Å². The fraction of sp³-hybridized carbons (Fsp3) is 0.400. The molecule has 0 saturated heterocycles. The Morgan fingerprint density at radius 2 is 2.20 bits per heavy atom. The van der Waals surface area contributed by atoms with E-state index in [9.17, 15) is 0 Å². The number of nitrogens with one attached hydrogen (secondary N) is 2. The van der Waals surface area contributed by atoms with Crippen molar-refractivity contribution in [3.8, 4) is 27.8 Å². The summed E-state index contributed by atoms with van der Waals surface area (Å²) >= 11 is 1.57. The third-order valence-electron chi connectivity index (χ3n) is 6.04. The number of aromatic nitrogens is 8. The van der Waals surface area contributed by atoms with Crippen LogP contribution >= 0.6 is 11.3 Å². The zero-order valence-corrected chi connectivity index (χ0v) is 17.5. The molecule has 2 N–H and O–H groups in total. The van der Waals surface area contributed by atoms with Gasteiger partial charge in [-0.2, -0.15) is 5.10 Å². The molecule has 1 aliphatic carbocycles. The van der Waals surface area contributed by atoms with E-state index in [1.54, 1.807) is 30.1 Å². The fourth-order valence-corrected chi connectivity index (χ4v) is 4.85. The van der Waals surface area contributed by atoms with Crippen molar-refractivity contribution >= 4 is 17.2 Å². The number of H-pyrrole nitrogens is 1. The van der Waals surface area contributed by atoms with Crippen LogP contribution in [-0.4, -0.2) is 39.9 Å². The lowest BCUT2D eigenvalue weighted by Gasteiger charge is -2.28. The van der Waals surface area contributed by atoms with Gasteiger partial charge < -0.3 is 5.32 Å². The van der Waals surface area contributed by atoms with Crippen molar-refractivity contribution in [2.45, 2.75) is 45.1 Å². The van der Waals surface area contributed by atoms with E-state index < -0.39 is 0 Å². The van der Waals surface area contributed by atoms with Gasteiger partial charge in [0, 0.05) is 17.5 Å². The molecule has 0 radical (unpaired) electrons. The standard InChI is InChI=1S/C20H21N9S/c1-3-13-19-28-23-9-29(19)16-14(10(2)11-4-5-11)25-17(26-18(16)24-13)12-8-22-27-15(12)20-21-6-7-30-20/h6-11,13H,3-5H2,1-2H3,(H,22,27)(H,24,25,26)/t10?,13-/m1/s1. The Bertz CT molecular complexity index is 1210. The first kappa shape index (κ1) is 17.7. The summed E-state index contributed by atoms with van der Waals surface area (Å²) in [6, 6.07) is 0.0645. The Morgan fingerprint density at radius 1 is 1.30 bits per heavy atom. The lowest BCUT2D eigenvalue weighted by Crippen LogP contribution is -2.25. The highest BCUT2D eigenvalue weighted by atomic mass is 32.1. The summed E-state index contributed by atoms with van der Waals surface area (Å²) in [5, 5.41) is 22.3. The molecule has 0 amide bonds. The fourth-order valence-electron chi connectivity index (χ4n) is 4.20. The maximum Gasteiger partial charge on any atom is 0.165 e. The Hall–Kier alpha value is -3.14. The van der Waals surface area contributed by atoms with Crippen molar-refractivity contribution in [3.05, 3.63) is 35.6 Å². The molecule has 2 aliphatic rings. The summed E-state index contributed by atoms with van der Waals surface area (Å²) in [4.78, 5) is 14.5. The number of hydrogen-bond donors (Lipinski definition) is 2. The second-order valence-corrected chi connectivity index (χ2v) is 8.81. The van der Waals surface area contributed by atoms with E-state index in [0.29, 0.717) is 17.7 Å². The van der Waals surface area contributed by atoms with Gasteiger partial charge >= 0.3 is 0 Å². The molecule has 152 valence electrons. The average molecular weight is 420 g/mol. The SMILES string of the molecule is CC[C@H]1Nc2nc(-c3cn[nH]c3-c3nccs3)nc(C(C)C3CC3)c2-n2cnnc21. The molecule has 1 saturated carbocycles. The number of rotatable bonds is 5. The van der Waals surface area contributed by atoms with Gasteiger partial charge in [-0.15, -0.1) is 21.5 Å². The van der Waals surface area contributed by atoms with Crippen molar-refractivity contribution in [3.63, 3.8) is 0 Å². The van der Waals surface area contributed by atoms with Crippen LogP contribution in [0.3, 0.4) is 0 Å². The summed E-state index contributed by atoms with van der Waals surface area (Å²) in [6.45, 7) is 4.39. The Kier molecular flexibility index (Phi) is 3.95. The molecule has 1 aliphatic heterocycles. The summed E-state index contributed by atoms with van der Waals surface area (Å²) < 4.78 is 2.06. The largest absolute Gasteiger partial charge is 0.358 e. The van der Waals surface area contributed by atoms with Gasteiger partial charge in [0.15, 0.2) is 17.5 Å². The van der Waals surface area contributed by atoms with Gasteiger partial charge in [-0.1, -0.05) is 13.8 Å². The molecule has 4 aromatic rings. The minimum absolute atomic E-state index is 0.0645. The third kappa shape index (κ3) is 2.67. The lowest BCUT2D eigenvalue weighted by atomic mass is 9.98. The lowest BCUT2D eigenvalue weighted by molar-refractivity contribution is 0.613. The first-order valence-corrected chi connectivity index (χ1v) is 11.1. The van der Waals surface area contributed by atoms with Crippen LogP contribution < -0.4 is 5.32 Å². The van der Waals surface area contributed by atoms with Gasteiger partial charge in [0.25, 0.3) is 0 Å². The molecule has 1 unspecified atom stereocenters. The number of hydrogen-bond acceptors (Lipinski definition) is 8. The minimum Gasteiger partial charge on any atom is -0.358 e. The predicted molar refractivity (Wildman–Crippen MR) is 113 cm³/mol. The first-order valence-electron chi connectivity index (χ1n) is 10.3. The van der Waals surface area contributed by atoms with Crippen LogP contribution in [0.15, 0.2) is 24.1 Å². The highest BCUT2D eigenvalue weighted by Gasteiger charge is 2.36. The van der Waals surface area contributed by atoms with Gasteiger partial charge in [0.1, 0.15) is 22.7 Å². The second kappa shape index (κ2) is 6.69. The monoisotopic (exact) mass is 419 g/mol. The molecule has 6 rings (SSSR count). The number of fused-ring (bicyclic) bond motifs is 3. The van der Waals surface area contributed by atoms with Crippen molar-refractivity contribution in [1.29, 1.82) is 0 Å². The normalized spacial score (nSPS) is 18.5. The van der Waals surface area contributed by atoms with E-state index in [4.69, 9.17) is 9.97 Å². The molecule has 30 heavy (non-hydrogen) atoms. The quantitative estimate of drug-likeness (QED) is 0.504. The zero-order valence-electron chi connectivity index (χ0n) is 16.7. The topological polar surface area (TPSA) is 110 Å². The van der Waals surface area contributed by atoms with Crippen LogP contribution in [-0.2, 0) is 0 Å². The van der Waals surface area contributed by atoms with Gasteiger partial charge in [0.2, 0.25) is 0 Å². The van der Waals surface area contributed by atoms with E-state index >= 15 is 0 Å². The van der Waals surface area contributed by atoms with E-state index in [0.717, 1.165) is 45.7 Å². The number of thiazole rings is 1. The summed E-state index contributed by atoms with van der Waals surface area (Å²) in [6.07, 6.45) is 8.73. The average Bonchev–Trinajstić information content (AvgIpc) is 3.19. The molecule has 0 spiro atoms. The van der Waals surface area contributed by atoms with Crippen molar-refractivity contribution in [1.82, 2.24) is 39.9 Å². The Morgan fingerprint density at radius 3 is 2.97 bits per heavy atom. The van der Waals surface area contributed by atoms with E-state index in [1.807, 2.05) is 5.38 Å². The second-order valence-electron chi connectivity index (χ2n) is 7.92. The highest BCUT2D eigenvalue weighted by Crippen LogP contribution is 2.46. The predicted octanol–water partition coefficient (Wildman–Crippen LogP) is 3.96. The summed E-state index contributed by atoms with van der Waals surface area (Å²) in [5.41, 5.74) is 3.72. The number of aromatic amines is 1. The van der Waals surface area contributed by atoms with E-state index in [1.165, 1.54) is 12.8 Å². The van der Waals surface area contributed by atoms with Crippen LogP contribution in [0.1, 0.15) is 56.6 Å². The number of nitrogens with zero attached hydrogens (tertiary/aromatic N) is 7. The molecule has 1 fully saturated rings. The zero-order chi connectivity index (χ0) is 20.2. The van der Waals surface area contributed by atoms with Crippen LogP contribution in [0.2, 0.25) is 0 Å². The third-order valence-corrected chi connectivity index (χ3v) is 6.83. The van der Waals surface area contributed by atoms with Gasteiger partial charge in [0.05, 0.1) is 23.5 Å². The highest BCUT2D eigenvalue weighted by molar-refractivity contribution is 7.13. The minimum atomic E-state index is 0.0645. The van der Waals surface area contributed by atoms with Crippen molar-refractivity contribution in [2.75, 3.05) is 5.32 Å². The first-order chi connectivity index (χ1) is 14.7. The molecule has 5 heterocycles. The van der Waals surface area contributed by atoms with Crippen LogP contribution in [0.25, 0.3) is 27.8 Å². The molecule has 0 aromatic carbocycles. The maximum absolute atomic E-state index is 5.08.